The molecule has 2 heterocycles. The quantitative estimate of drug-likeness (QED) is 0.851. The summed E-state index contributed by atoms with van der Waals surface area (Å²) in [6, 6.07) is 12.6. The van der Waals surface area contributed by atoms with E-state index in [1.165, 1.54) is 5.56 Å². The number of aryl methyl sites for hydroxylation is 1. The molecule has 0 N–H and O–H groups in total. The minimum Gasteiger partial charge on any atom is -0.461 e. The number of ether oxygens (including phenoxy) is 1. The number of hydrogen-bond acceptors (Lipinski definition) is 3. The van der Waals surface area contributed by atoms with Crippen molar-refractivity contribution in [3.05, 3.63) is 47.7 Å². The summed E-state index contributed by atoms with van der Waals surface area (Å²) in [5, 5.41) is 0. The van der Waals surface area contributed by atoms with Crippen LogP contribution in [0.4, 0.5) is 0 Å². The van der Waals surface area contributed by atoms with Crippen LogP contribution in [0.25, 0.3) is 11.3 Å². The van der Waals surface area contributed by atoms with Gasteiger partial charge in [0.1, 0.15) is 11.5 Å². The summed E-state index contributed by atoms with van der Waals surface area (Å²) in [5.74, 6) is 1.90. The van der Waals surface area contributed by atoms with E-state index in [9.17, 15) is 0 Å². The molecule has 3 rings (SSSR count). The molecule has 1 aromatic carbocycles. The molecular weight excluding hydrogens is 250 g/mol. The second-order valence-corrected chi connectivity index (χ2v) is 5.49. The standard InChI is InChI=1S/C17H21NO2/c1-13-6-7-17(20-13)15-5-3-4-14(10-15)11-18-9-8-16(12-18)19-2/h3-7,10,16H,8-9,11-12H2,1-2H3/t16-/m1/s1. The van der Waals surface area contributed by atoms with E-state index < -0.39 is 0 Å². The van der Waals surface area contributed by atoms with Crippen molar-refractivity contribution in [2.24, 2.45) is 0 Å². The highest BCUT2D eigenvalue weighted by atomic mass is 16.5. The third-order valence-corrected chi connectivity index (χ3v) is 3.92. The Hall–Kier alpha value is -1.58. The summed E-state index contributed by atoms with van der Waals surface area (Å²) in [6.45, 7) is 5.10. The van der Waals surface area contributed by atoms with E-state index in [0.29, 0.717) is 6.10 Å². The van der Waals surface area contributed by atoms with Crippen LogP contribution in [0.3, 0.4) is 0 Å². The van der Waals surface area contributed by atoms with Gasteiger partial charge in [-0.15, -0.1) is 0 Å². The van der Waals surface area contributed by atoms with E-state index in [0.717, 1.165) is 43.1 Å². The molecule has 0 bridgehead atoms. The molecule has 1 aliphatic heterocycles. The SMILES string of the molecule is CO[C@@H]1CCN(Cc2cccc(-c3ccc(C)o3)c2)C1. The van der Waals surface area contributed by atoms with Crippen LogP contribution in [0.5, 0.6) is 0 Å². The molecule has 3 nitrogen and oxygen atoms in total. The van der Waals surface area contributed by atoms with Gasteiger partial charge in [-0.1, -0.05) is 18.2 Å². The van der Waals surface area contributed by atoms with E-state index in [4.69, 9.17) is 9.15 Å². The van der Waals surface area contributed by atoms with Crippen molar-refractivity contribution in [3.63, 3.8) is 0 Å². The molecule has 1 saturated heterocycles. The van der Waals surface area contributed by atoms with Gasteiger partial charge in [0, 0.05) is 32.3 Å². The highest BCUT2D eigenvalue weighted by Gasteiger charge is 2.21. The molecule has 2 aromatic rings. The Labute approximate surface area is 120 Å². The molecule has 1 aromatic heterocycles. The van der Waals surface area contributed by atoms with Crippen molar-refractivity contribution < 1.29 is 9.15 Å². The first-order valence-electron chi connectivity index (χ1n) is 7.15. The van der Waals surface area contributed by atoms with E-state index in [1.54, 1.807) is 7.11 Å². The number of hydrogen-bond donors (Lipinski definition) is 0. The van der Waals surface area contributed by atoms with Gasteiger partial charge in [0.25, 0.3) is 0 Å². The average Bonchev–Trinajstić information content (AvgIpc) is 3.08. The number of methoxy groups -OCH3 is 1. The Morgan fingerprint density at radius 3 is 2.90 bits per heavy atom. The zero-order valence-corrected chi connectivity index (χ0v) is 12.1. The van der Waals surface area contributed by atoms with Crippen molar-refractivity contribution in [2.75, 3.05) is 20.2 Å². The molecule has 0 radical (unpaired) electrons. The molecular formula is C17H21NO2. The van der Waals surface area contributed by atoms with E-state index >= 15 is 0 Å². The van der Waals surface area contributed by atoms with Crippen LogP contribution in [0, 0.1) is 6.92 Å². The molecule has 1 fully saturated rings. The Kier molecular flexibility index (Phi) is 3.90. The topological polar surface area (TPSA) is 25.6 Å². The molecule has 0 saturated carbocycles. The maximum Gasteiger partial charge on any atom is 0.134 e. The van der Waals surface area contributed by atoms with Crippen molar-refractivity contribution in [1.82, 2.24) is 4.90 Å². The van der Waals surface area contributed by atoms with E-state index in [1.807, 2.05) is 19.1 Å². The highest BCUT2D eigenvalue weighted by Crippen LogP contribution is 2.24. The van der Waals surface area contributed by atoms with Gasteiger partial charge in [-0.25, -0.2) is 0 Å². The minimum atomic E-state index is 0.394. The molecule has 0 spiro atoms. The fourth-order valence-electron chi connectivity index (χ4n) is 2.80. The first-order chi connectivity index (χ1) is 9.74. The molecule has 106 valence electrons. The van der Waals surface area contributed by atoms with Gasteiger partial charge in [-0.2, -0.15) is 0 Å². The lowest BCUT2D eigenvalue weighted by Crippen LogP contribution is -2.22. The molecule has 20 heavy (non-hydrogen) atoms. The van der Waals surface area contributed by atoms with Crippen LogP contribution in [-0.2, 0) is 11.3 Å². The molecule has 0 unspecified atom stereocenters. The predicted octanol–water partition coefficient (Wildman–Crippen LogP) is 3.48. The van der Waals surface area contributed by atoms with Crippen molar-refractivity contribution in [1.29, 1.82) is 0 Å². The number of benzene rings is 1. The van der Waals surface area contributed by atoms with Gasteiger partial charge in [0.15, 0.2) is 0 Å². The van der Waals surface area contributed by atoms with E-state index in [2.05, 4.69) is 29.2 Å². The lowest BCUT2D eigenvalue weighted by Gasteiger charge is -2.16. The summed E-state index contributed by atoms with van der Waals surface area (Å²) < 4.78 is 11.1. The lowest BCUT2D eigenvalue weighted by molar-refractivity contribution is 0.107. The van der Waals surface area contributed by atoms with Crippen LogP contribution >= 0.6 is 0 Å². The summed E-state index contributed by atoms with van der Waals surface area (Å²) >= 11 is 0. The second kappa shape index (κ2) is 5.81. The normalized spacial score (nSPS) is 19.6. The lowest BCUT2D eigenvalue weighted by atomic mass is 10.1. The Morgan fingerprint density at radius 2 is 2.20 bits per heavy atom. The largest absolute Gasteiger partial charge is 0.461 e. The Balaban J connectivity index is 1.72. The van der Waals surface area contributed by atoms with Crippen LogP contribution in [0.2, 0.25) is 0 Å². The predicted molar refractivity (Wildman–Crippen MR) is 79.6 cm³/mol. The minimum absolute atomic E-state index is 0.394. The second-order valence-electron chi connectivity index (χ2n) is 5.49. The summed E-state index contributed by atoms with van der Waals surface area (Å²) in [7, 11) is 1.80. The van der Waals surface area contributed by atoms with Gasteiger partial charge < -0.3 is 9.15 Å². The van der Waals surface area contributed by atoms with Crippen LogP contribution < -0.4 is 0 Å². The fraction of sp³-hybridized carbons (Fsp3) is 0.412. The van der Waals surface area contributed by atoms with Gasteiger partial charge >= 0.3 is 0 Å². The zero-order valence-electron chi connectivity index (χ0n) is 12.1. The summed E-state index contributed by atoms with van der Waals surface area (Å²) in [4.78, 5) is 2.45. The average molecular weight is 271 g/mol. The van der Waals surface area contributed by atoms with Crippen LogP contribution in [0.15, 0.2) is 40.8 Å². The van der Waals surface area contributed by atoms with Gasteiger partial charge in [0.2, 0.25) is 0 Å². The Morgan fingerprint density at radius 1 is 1.30 bits per heavy atom. The molecule has 0 amide bonds. The van der Waals surface area contributed by atoms with Crippen LogP contribution in [-0.4, -0.2) is 31.2 Å². The van der Waals surface area contributed by atoms with Gasteiger partial charge in [-0.3, -0.25) is 4.90 Å². The molecule has 3 heteroatoms. The molecule has 1 aliphatic rings. The maximum atomic E-state index is 5.70. The number of furan rings is 1. The first-order valence-corrected chi connectivity index (χ1v) is 7.15. The third-order valence-electron chi connectivity index (χ3n) is 3.92. The monoisotopic (exact) mass is 271 g/mol. The van der Waals surface area contributed by atoms with Crippen molar-refractivity contribution in [2.45, 2.75) is 26.0 Å². The third kappa shape index (κ3) is 2.94. The maximum absolute atomic E-state index is 5.70. The first kappa shape index (κ1) is 13.4. The van der Waals surface area contributed by atoms with Crippen molar-refractivity contribution >= 4 is 0 Å². The van der Waals surface area contributed by atoms with Crippen molar-refractivity contribution in [3.8, 4) is 11.3 Å². The van der Waals surface area contributed by atoms with E-state index in [-0.39, 0.29) is 0 Å². The summed E-state index contributed by atoms with van der Waals surface area (Å²) in [5.41, 5.74) is 2.48. The number of rotatable bonds is 4. The summed E-state index contributed by atoms with van der Waals surface area (Å²) in [6.07, 6.45) is 1.53. The van der Waals surface area contributed by atoms with Gasteiger partial charge in [-0.05, 0) is 37.1 Å². The Bertz CT molecular complexity index is 576. The molecule has 0 aliphatic carbocycles. The number of likely N-dealkylation sites (tertiary alicyclic amines) is 1. The molecule has 1 atom stereocenters. The zero-order chi connectivity index (χ0) is 13.9. The highest BCUT2D eigenvalue weighted by molar-refractivity contribution is 5.58. The fourth-order valence-corrected chi connectivity index (χ4v) is 2.80. The smallest absolute Gasteiger partial charge is 0.134 e. The number of nitrogens with zero attached hydrogens (tertiary/aromatic N) is 1. The van der Waals surface area contributed by atoms with Crippen LogP contribution in [0.1, 0.15) is 17.7 Å². The van der Waals surface area contributed by atoms with Gasteiger partial charge in [0.05, 0.1) is 6.10 Å².